The zero-order valence-corrected chi connectivity index (χ0v) is 16.7. The standard InChI is InChI=1S/C20H29N3O3S/c1-20(2)17(18(25)22-11-14-8-9-14)23(12-27-20)19(26)16(24)15(21)10-13-6-4-3-5-7-13/h3-7,14-17,24H,8-12,21H2,1-2H3,(H,22,25). The van der Waals surface area contributed by atoms with Crippen molar-refractivity contribution >= 4 is 23.6 Å². The lowest BCUT2D eigenvalue weighted by Gasteiger charge is -2.32. The second-order valence-corrected chi connectivity index (χ2v) is 9.67. The minimum atomic E-state index is -1.33. The minimum absolute atomic E-state index is 0.144. The quantitative estimate of drug-likeness (QED) is 0.647. The summed E-state index contributed by atoms with van der Waals surface area (Å²) in [5, 5.41) is 13.5. The first-order valence-corrected chi connectivity index (χ1v) is 10.5. The van der Waals surface area contributed by atoms with Crippen LogP contribution in [0, 0.1) is 5.92 Å². The van der Waals surface area contributed by atoms with Gasteiger partial charge in [-0.3, -0.25) is 9.59 Å². The molecule has 1 aromatic carbocycles. The zero-order valence-electron chi connectivity index (χ0n) is 15.9. The maximum atomic E-state index is 12.9. The summed E-state index contributed by atoms with van der Waals surface area (Å²) >= 11 is 1.55. The third-order valence-electron chi connectivity index (χ3n) is 5.31. The van der Waals surface area contributed by atoms with E-state index in [2.05, 4.69) is 5.32 Å². The van der Waals surface area contributed by atoms with Gasteiger partial charge in [0.2, 0.25) is 5.91 Å². The van der Waals surface area contributed by atoms with E-state index >= 15 is 0 Å². The zero-order chi connectivity index (χ0) is 19.6. The second kappa shape index (κ2) is 8.20. The van der Waals surface area contributed by atoms with Gasteiger partial charge in [-0.2, -0.15) is 0 Å². The fourth-order valence-electron chi connectivity index (χ4n) is 3.43. The summed E-state index contributed by atoms with van der Waals surface area (Å²) < 4.78 is -0.410. The summed E-state index contributed by atoms with van der Waals surface area (Å²) in [6.07, 6.45) is 1.37. The number of nitrogens with zero attached hydrogens (tertiary/aromatic N) is 1. The Morgan fingerprint density at radius 1 is 1.33 bits per heavy atom. The van der Waals surface area contributed by atoms with Crippen LogP contribution in [0.15, 0.2) is 30.3 Å². The lowest BCUT2D eigenvalue weighted by Crippen LogP contribution is -2.57. The van der Waals surface area contributed by atoms with Gasteiger partial charge in [-0.15, -0.1) is 11.8 Å². The fraction of sp³-hybridized carbons (Fsp3) is 0.600. The molecule has 0 radical (unpaired) electrons. The van der Waals surface area contributed by atoms with Gasteiger partial charge in [-0.05, 0) is 44.6 Å². The van der Waals surface area contributed by atoms with Crippen molar-refractivity contribution in [2.75, 3.05) is 12.4 Å². The highest BCUT2D eigenvalue weighted by Crippen LogP contribution is 2.40. The monoisotopic (exact) mass is 391 g/mol. The van der Waals surface area contributed by atoms with Crippen LogP contribution in [0.1, 0.15) is 32.3 Å². The highest BCUT2D eigenvalue weighted by atomic mass is 32.2. The Hall–Kier alpha value is -1.57. The van der Waals surface area contributed by atoms with Crippen molar-refractivity contribution in [3.63, 3.8) is 0 Å². The van der Waals surface area contributed by atoms with Crippen molar-refractivity contribution in [1.29, 1.82) is 0 Å². The number of aliphatic hydroxyl groups is 1. The summed E-state index contributed by atoms with van der Waals surface area (Å²) in [5.74, 6) is 0.333. The molecule has 0 bridgehead atoms. The highest BCUT2D eigenvalue weighted by molar-refractivity contribution is 8.00. The number of hydrogen-bond donors (Lipinski definition) is 3. The van der Waals surface area contributed by atoms with Crippen LogP contribution in [-0.4, -0.2) is 57.2 Å². The molecule has 2 amide bonds. The topological polar surface area (TPSA) is 95.7 Å². The van der Waals surface area contributed by atoms with Crippen molar-refractivity contribution in [3.8, 4) is 0 Å². The van der Waals surface area contributed by atoms with Crippen molar-refractivity contribution in [1.82, 2.24) is 10.2 Å². The minimum Gasteiger partial charge on any atom is -0.382 e. The molecule has 3 atom stereocenters. The maximum Gasteiger partial charge on any atom is 0.254 e. The molecule has 3 rings (SSSR count). The molecule has 148 valence electrons. The van der Waals surface area contributed by atoms with Crippen molar-refractivity contribution in [3.05, 3.63) is 35.9 Å². The maximum absolute atomic E-state index is 12.9. The van der Waals surface area contributed by atoms with Gasteiger partial charge in [0.15, 0.2) is 0 Å². The lowest BCUT2D eigenvalue weighted by atomic mass is 9.97. The van der Waals surface area contributed by atoms with Gasteiger partial charge < -0.3 is 21.1 Å². The Kier molecular flexibility index (Phi) is 6.13. The molecular formula is C20H29N3O3S. The molecule has 1 heterocycles. The van der Waals surface area contributed by atoms with E-state index in [0.29, 0.717) is 24.8 Å². The number of aliphatic hydroxyl groups excluding tert-OH is 1. The normalized spacial score (nSPS) is 23.7. The van der Waals surface area contributed by atoms with Gasteiger partial charge >= 0.3 is 0 Å². The number of thioether (sulfide) groups is 1. The molecule has 1 saturated heterocycles. The Morgan fingerprint density at radius 3 is 2.63 bits per heavy atom. The van der Waals surface area contributed by atoms with E-state index in [0.717, 1.165) is 18.4 Å². The summed E-state index contributed by atoms with van der Waals surface area (Å²) in [5.41, 5.74) is 7.07. The van der Waals surface area contributed by atoms with Gasteiger partial charge in [-0.25, -0.2) is 0 Å². The average molecular weight is 392 g/mol. The predicted molar refractivity (Wildman–Crippen MR) is 107 cm³/mol. The Labute approximate surface area is 164 Å². The van der Waals surface area contributed by atoms with E-state index in [1.54, 1.807) is 11.8 Å². The highest BCUT2D eigenvalue weighted by Gasteiger charge is 2.49. The summed E-state index contributed by atoms with van der Waals surface area (Å²) in [6.45, 7) is 4.58. The third-order valence-corrected chi connectivity index (χ3v) is 6.69. The molecular weight excluding hydrogens is 362 g/mol. The van der Waals surface area contributed by atoms with Crippen molar-refractivity contribution < 1.29 is 14.7 Å². The van der Waals surface area contributed by atoms with Gasteiger partial charge in [-0.1, -0.05) is 30.3 Å². The lowest BCUT2D eigenvalue weighted by molar-refractivity contribution is -0.146. The number of nitrogens with one attached hydrogen (secondary N) is 1. The van der Waals surface area contributed by atoms with Gasteiger partial charge in [0.05, 0.1) is 5.88 Å². The van der Waals surface area contributed by atoms with E-state index in [9.17, 15) is 14.7 Å². The molecule has 7 heteroatoms. The first-order chi connectivity index (χ1) is 12.8. The van der Waals surface area contributed by atoms with Crippen molar-refractivity contribution in [2.45, 2.75) is 56.0 Å². The van der Waals surface area contributed by atoms with Crippen LogP contribution in [-0.2, 0) is 16.0 Å². The van der Waals surface area contributed by atoms with E-state index in [1.807, 2.05) is 44.2 Å². The van der Waals surface area contributed by atoms with E-state index in [-0.39, 0.29) is 5.91 Å². The number of amides is 2. The third kappa shape index (κ3) is 4.83. The number of nitrogens with two attached hydrogens (primary N) is 1. The largest absolute Gasteiger partial charge is 0.382 e. The SMILES string of the molecule is CC1(C)SCN(C(=O)C(O)C(N)Cc2ccccc2)C1C(=O)NCC1CC1. The van der Waals surface area contributed by atoms with Crippen molar-refractivity contribution in [2.24, 2.45) is 11.7 Å². The number of benzene rings is 1. The molecule has 2 aliphatic rings. The van der Waals surface area contributed by atoms with E-state index < -0.39 is 28.8 Å². The molecule has 1 aliphatic carbocycles. The van der Waals surface area contributed by atoms with Crippen LogP contribution in [0.5, 0.6) is 0 Å². The smallest absolute Gasteiger partial charge is 0.254 e. The van der Waals surface area contributed by atoms with Crippen LogP contribution in [0.25, 0.3) is 0 Å². The fourth-order valence-corrected chi connectivity index (χ4v) is 4.57. The Bertz CT molecular complexity index is 678. The number of hydrogen-bond acceptors (Lipinski definition) is 5. The summed E-state index contributed by atoms with van der Waals surface area (Å²) in [7, 11) is 0. The second-order valence-electron chi connectivity index (χ2n) is 8.07. The molecule has 4 N–H and O–H groups in total. The van der Waals surface area contributed by atoms with Gasteiger partial charge in [0.25, 0.3) is 5.91 Å². The van der Waals surface area contributed by atoms with Crippen LogP contribution < -0.4 is 11.1 Å². The molecule has 27 heavy (non-hydrogen) atoms. The summed E-state index contributed by atoms with van der Waals surface area (Å²) in [4.78, 5) is 27.2. The molecule has 6 nitrogen and oxygen atoms in total. The summed E-state index contributed by atoms with van der Waals surface area (Å²) in [6, 6.07) is 8.22. The Morgan fingerprint density at radius 2 is 2.00 bits per heavy atom. The van der Waals surface area contributed by atoms with Crippen LogP contribution in [0.4, 0.5) is 0 Å². The van der Waals surface area contributed by atoms with Crippen LogP contribution in [0.3, 0.4) is 0 Å². The Balaban J connectivity index is 1.66. The van der Waals surface area contributed by atoms with Gasteiger partial charge in [0, 0.05) is 17.3 Å². The van der Waals surface area contributed by atoms with E-state index in [1.165, 1.54) is 4.90 Å². The molecule has 1 aliphatic heterocycles. The molecule has 3 unspecified atom stereocenters. The van der Waals surface area contributed by atoms with E-state index in [4.69, 9.17) is 5.73 Å². The molecule has 1 aromatic rings. The van der Waals surface area contributed by atoms with Crippen LogP contribution in [0.2, 0.25) is 0 Å². The van der Waals surface area contributed by atoms with Crippen LogP contribution >= 0.6 is 11.8 Å². The molecule has 2 fully saturated rings. The molecule has 0 aromatic heterocycles. The average Bonchev–Trinajstić information content (AvgIpc) is 3.41. The molecule has 0 spiro atoms. The predicted octanol–water partition coefficient (Wildman–Crippen LogP) is 1.12. The molecule has 1 saturated carbocycles. The first kappa shape index (κ1) is 20.2. The number of carbonyl (C=O) groups excluding carboxylic acids is 2. The van der Waals surface area contributed by atoms with Gasteiger partial charge in [0.1, 0.15) is 12.1 Å². The number of carbonyl (C=O) groups is 2. The number of rotatable bonds is 7. The first-order valence-electron chi connectivity index (χ1n) is 9.49.